The van der Waals surface area contributed by atoms with Gasteiger partial charge in [0.2, 0.25) is 11.8 Å². The highest BCUT2D eigenvalue weighted by Gasteiger charge is 2.32. The molecule has 0 aliphatic carbocycles. The number of thioether (sulfide) groups is 1. The van der Waals surface area contributed by atoms with Crippen molar-refractivity contribution in [2.75, 3.05) is 25.0 Å². The minimum absolute atomic E-state index is 0.0115. The normalized spacial score (nSPS) is 16.3. The second-order valence-corrected chi connectivity index (χ2v) is 8.10. The Hall–Kier alpha value is -2.88. The Balaban J connectivity index is 1.94. The Morgan fingerprint density at radius 2 is 1.90 bits per heavy atom. The lowest BCUT2D eigenvalue weighted by atomic mass is 10.1. The molecule has 0 radical (unpaired) electrons. The van der Waals surface area contributed by atoms with Crippen molar-refractivity contribution < 1.29 is 19.2 Å². The maximum absolute atomic E-state index is 12.5. The molecule has 31 heavy (non-hydrogen) atoms. The second-order valence-electron chi connectivity index (χ2n) is 6.93. The molecule has 0 aromatic heterocycles. The summed E-state index contributed by atoms with van der Waals surface area (Å²) in [6.45, 7) is 9.31. The number of nitrogens with one attached hydrogen (secondary N) is 3. The van der Waals surface area contributed by atoms with Crippen molar-refractivity contribution in [2.45, 2.75) is 45.4 Å². The molecular weight excluding hydrogens is 418 g/mol. The van der Waals surface area contributed by atoms with E-state index in [1.807, 2.05) is 18.7 Å². The molecule has 2 rings (SSSR count). The number of amides is 4. The first-order valence-electron chi connectivity index (χ1n) is 10.3. The summed E-state index contributed by atoms with van der Waals surface area (Å²) in [5, 5.41) is 8.08. The summed E-state index contributed by atoms with van der Waals surface area (Å²) < 4.78 is 0. The quantitative estimate of drug-likeness (QED) is 0.529. The predicted molar refractivity (Wildman–Crippen MR) is 122 cm³/mol. The zero-order chi connectivity index (χ0) is 23.0. The first-order valence-corrected chi connectivity index (χ1v) is 11.2. The van der Waals surface area contributed by atoms with Crippen molar-refractivity contribution in [3.63, 3.8) is 0 Å². The summed E-state index contributed by atoms with van der Waals surface area (Å²) in [5.41, 5.74) is 0.746. The average molecular weight is 448 g/mol. The van der Waals surface area contributed by atoms with Gasteiger partial charge in [-0.25, -0.2) is 0 Å². The fourth-order valence-corrected chi connectivity index (χ4v) is 4.12. The third kappa shape index (κ3) is 6.81. The van der Waals surface area contributed by atoms with Gasteiger partial charge in [0.1, 0.15) is 11.3 Å². The fraction of sp³-hybridized carbons (Fsp3) is 0.476. The summed E-state index contributed by atoms with van der Waals surface area (Å²) in [6.07, 6.45) is -0.0115. The van der Waals surface area contributed by atoms with Crippen LogP contribution in [0.4, 0.5) is 5.69 Å². The molecule has 0 saturated heterocycles. The molecule has 1 aromatic carbocycles. The summed E-state index contributed by atoms with van der Waals surface area (Å²) >= 11 is 1.30. The number of likely N-dealkylation sites (N-methyl/N-ethyl adjacent to an activating group) is 1. The summed E-state index contributed by atoms with van der Waals surface area (Å²) in [6, 6.07) is 5.73. The van der Waals surface area contributed by atoms with Crippen LogP contribution in [0, 0.1) is 0 Å². The Morgan fingerprint density at radius 1 is 1.19 bits per heavy atom. The predicted octanol–water partition coefficient (Wildman–Crippen LogP) is 1.61. The number of hydrogen-bond acceptors (Lipinski definition) is 6. The monoisotopic (exact) mass is 447 g/mol. The van der Waals surface area contributed by atoms with Crippen LogP contribution >= 0.6 is 11.8 Å². The van der Waals surface area contributed by atoms with Gasteiger partial charge in [0.15, 0.2) is 5.17 Å². The first-order chi connectivity index (χ1) is 14.8. The molecular formula is C21H29N5O4S. The van der Waals surface area contributed by atoms with Crippen LogP contribution in [-0.2, 0) is 14.4 Å². The van der Waals surface area contributed by atoms with Crippen molar-refractivity contribution in [3.8, 4) is 0 Å². The number of rotatable bonds is 9. The molecule has 1 aliphatic rings. The van der Waals surface area contributed by atoms with E-state index in [1.54, 1.807) is 32.0 Å². The largest absolute Gasteiger partial charge is 0.355 e. The minimum Gasteiger partial charge on any atom is -0.355 e. The van der Waals surface area contributed by atoms with Crippen LogP contribution in [0.2, 0.25) is 0 Å². The van der Waals surface area contributed by atoms with E-state index >= 15 is 0 Å². The van der Waals surface area contributed by atoms with Crippen molar-refractivity contribution in [3.05, 3.63) is 29.8 Å². The van der Waals surface area contributed by atoms with Crippen LogP contribution in [-0.4, -0.2) is 64.6 Å². The molecule has 2 atom stereocenters. The van der Waals surface area contributed by atoms with Gasteiger partial charge in [0.05, 0.1) is 0 Å². The van der Waals surface area contributed by atoms with Crippen LogP contribution < -0.4 is 16.0 Å². The number of carbonyl (C=O) groups excluding carboxylic acids is 4. The van der Waals surface area contributed by atoms with Gasteiger partial charge in [-0.05, 0) is 45.9 Å². The zero-order valence-electron chi connectivity index (χ0n) is 18.2. The number of amidine groups is 1. The maximum Gasteiger partial charge on any atom is 0.262 e. The van der Waals surface area contributed by atoms with Crippen molar-refractivity contribution in [2.24, 2.45) is 4.99 Å². The average Bonchev–Trinajstić information content (AvgIpc) is 3.09. The van der Waals surface area contributed by atoms with E-state index < -0.39 is 17.2 Å². The second kappa shape index (κ2) is 11.5. The number of anilines is 1. The SMILES string of the molecule is CCNC(=O)C(C)NC(=O)c1cccc(NC(=O)CC2SC(N(CC)CC)=NC2=O)c1. The Morgan fingerprint density at radius 3 is 2.55 bits per heavy atom. The van der Waals surface area contributed by atoms with Gasteiger partial charge in [-0.15, -0.1) is 0 Å². The topological polar surface area (TPSA) is 120 Å². The fourth-order valence-electron chi connectivity index (χ4n) is 2.93. The number of carbonyl (C=O) groups is 4. The van der Waals surface area contributed by atoms with Gasteiger partial charge >= 0.3 is 0 Å². The third-order valence-electron chi connectivity index (χ3n) is 4.63. The van der Waals surface area contributed by atoms with Crippen LogP contribution in [0.15, 0.2) is 29.3 Å². The molecule has 168 valence electrons. The molecule has 1 aliphatic heterocycles. The van der Waals surface area contributed by atoms with Gasteiger partial charge < -0.3 is 20.9 Å². The molecule has 0 bridgehead atoms. The summed E-state index contributed by atoms with van der Waals surface area (Å²) in [5.74, 6) is -1.34. The lowest BCUT2D eigenvalue weighted by molar-refractivity contribution is -0.122. The Bertz CT molecular complexity index is 869. The van der Waals surface area contributed by atoms with Crippen molar-refractivity contribution in [1.82, 2.24) is 15.5 Å². The summed E-state index contributed by atoms with van der Waals surface area (Å²) in [7, 11) is 0. The molecule has 0 saturated carbocycles. The molecule has 1 heterocycles. The van der Waals surface area contributed by atoms with Crippen LogP contribution in [0.25, 0.3) is 0 Å². The van der Waals surface area contributed by atoms with E-state index in [1.165, 1.54) is 17.8 Å². The molecule has 0 spiro atoms. The zero-order valence-corrected chi connectivity index (χ0v) is 19.0. The first kappa shape index (κ1) is 24.4. The van der Waals surface area contributed by atoms with Crippen molar-refractivity contribution >= 4 is 46.2 Å². The minimum atomic E-state index is -0.684. The van der Waals surface area contributed by atoms with Gasteiger partial charge in [0, 0.05) is 37.3 Å². The third-order valence-corrected chi connectivity index (χ3v) is 5.85. The van der Waals surface area contributed by atoms with E-state index in [4.69, 9.17) is 0 Å². The van der Waals surface area contributed by atoms with Crippen LogP contribution in [0.5, 0.6) is 0 Å². The van der Waals surface area contributed by atoms with Gasteiger partial charge in [-0.2, -0.15) is 4.99 Å². The smallest absolute Gasteiger partial charge is 0.262 e. The number of aliphatic imine (C=N–C) groups is 1. The molecule has 10 heteroatoms. The number of benzene rings is 1. The van der Waals surface area contributed by atoms with E-state index in [-0.39, 0.29) is 24.1 Å². The van der Waals surface area contributed by atoms with E-state index in [0.717, 1.165) is 13.1 Å². The highest BCUT2D eigenvalue weighted by molar-refractivity contribution is 8.15. The molecule has 0 fully saturated rings. The molecule has 3 N–H and O–H groups in total. The molecule has 1 aromatic rings. The number of nitrogens with zero attached hydrogens (tertiary/aromatic N) is 2. The lowest BCUT2D eigenvalue weighted by Crippen LogP contribution is -2.44. The van der Waals surface area contributed by atoms with E-state index in [9.17, 15) is 19.2 Å². The van der Waals surface area contributed by atoms with Crippen LogP contribution in [0.1, 0.15) is 44.5 Å². The standard InChI is InChI=1S/C21H29N5O4S/c1-5-22-18(28)13(4)23-19(29)14-9-8-10-15(11-14)24-17(27)12-16-20(30)25-21(31-16)26(6-2)7-3/h8-11,13,16H,5-7,12H2,1-4H3,(H,22,28)(H,23,29)(H,24,27). The highest BCUT2D eigenvalue weighted by atomic mass is 32.2. The molecule has 4 amide bonds. The summed E-state index contributed by atoms with van der Waals surface area (Å²) in [4.78, 5) is 54.9. The van der Waals surface area contributed by atoms with Crippen molar-refractivity contribution in [1.29, 1.82) is 0 Å². The van der Waals surface area contributed by atoms with Gasteiger partial charge in [-0.3, -0.25) is 19.2 Å². The highest BCUT2D eigenvalue weighted by Crippen LogP contribution is 2.27. The van der Waals surface area contributed by atoms with Gasteiger partial charge in [-0.1, -0.05) is 17.8 Å². The Kier molecular flexibility index (Phi) is 9.04. The van der Waals surface area contributed by atoms with E-state index in [2.05, 4.69) is 20.9 Å². The molecule has 2 unspecified atom stereocenters. The van der Waals surface area contributed by atoms with Crippen LogP contribution in [0.3, 0.4) is 0 Å². The maximum atomic E-state index is 12.5. The van der Waals surface area contributed by atoms with E-state index in [0.29, 0.717) is 23.0 Å². The molecule has 9 nitrogen and oxygen atoms in total. The van der Waals surface area contributed by atoms with Gasteiger partial charge in [0.25, 0.3) is 11.8 Å². The number of hydrogen-bond donors (Lipinski definition) is 3. The lowest BCUT2D eigenvalue weighted by Gasteiger charge is -2.19. The Labute approximate surface area is 186 Å².